The highest BCUT2D eigenvalue weighted by Gasteiger charge is 2.25. The minimum absolute atomic E-state index is 0.0866. The highest BCUT2D eigenvalue weighted by molar-refractivity contribution is 5.89. The second kappa shape index (κ2) is 14.1. The van der Waals surface area contributed by atoms with E-state index >= 15 is 0 Å². The van der Waals surface area contributed by atoms with Crippen LogP contribution in [0.4, 0.5) is 0 Å². The lowest BCUT2D eigenvalue weighted by Crippen LogP contribution is -2.36. The maximum Gasteiger partial charge on any atom is 0.244 e. The summed E-state index contributed by atoms with van der Waals surface area (Å²) in [7, 11) is 0. The summed E-state index contributed by atoms with van der Waals surface area (Å²) in [6.07, 6.45) is 14.8. The molecule has 0 saturated carbocycles. The Hall–Kier alpha value is -3.91. The summed E-state index contributed by atoms with van der Waals surface area (Å²) in [4.78, 5) is 18.3. The number of carbonyl (C=O) groups is 1. The lowest BCUT2D eigenvalue weighted by atomic mass is 10.1. The molecule has 8 nitrogen and oxygen atoms in total. The fourth-order valence-electron chi connectivity index (χ4n) is 4.29. The highest BCUT2D eigenvalue weighted by Crippen LogP contribution is 2.33. The predicted molar refractivity (Wildman–Crippen MR) is 154 cm³/mol. The van der Waals surface area contributed by atoms with Crippen LogP contribution in [-0.4, -0.2) is 60.2 Å². The van der Waals surface area contributed by atoms with Crippen molar-refractivity contribution < 1.29 is 14.3 Å². The van der Waals surface area contributed by atoms with Crippen molar-refractivity contribution in [3.63, 3.8) is 0 Å². The zero-order chi connectivity index (χ0) is 27.5. The molecule has 1 amide bonds. The fraction of sp³-hybridized carbons (Fsp3) is 0.367. The van der Waals surface area contributed by atoms with Crippen molar-refractivity contribution in [3.05, 3.63) is 89.4 Å². The molecular weight excluding hydrogens is 478 g/mol. The van der Waals surface area contributed by atoms with E-state index in [2.05, 4.69) is 33.6 Å². The summed E-state index contributed by atoms with van der Waals surface area (Å²) in [5.41, 5.74) is 4.50. The number of aliphatic imine (C=N–C) groups is 1. The Kier molecular flexibility index (Phi) is 10.7. The number of rotatable bonds is 8. The number of allylic oxidation sites excluding steroid dienone is 8. The quantitative estimate of drug-likeness (QED) is 0.377. The van der Waals surface area contributed by atoms with Gasteiger partial charge in [0, 0.05) is 50.0 Å². The first kappa shape index (κ1) is 28.7. The Labute approximate surface area is 226 Å². The van der Waals surface area contributed by atoms with E-state index in [4.69, 9.17) is 9.47 Å². The SMILES string of the molecule is C=N/C(=C\C(=C1/CC=C(C2=CC(=O)NCC2)O1)N1CCOCC1)n1ccc(C(=C)/C=C(C)\C=C/C)n1.CC. The number of nitrogens with zero attached hydrogens (tertiary/aromatic N) is 4. The Bertz CT molecular complexity index is 1220. The third-order valence-corrected chi connectivity index (χ3v) is 6.07. The topological polar surface area (TPSA) is 81.0 Å². The average Bonchev–Trinajstić information content (AvgIpc) is 3.62. The van der Waals surface area contributed by atoms with Gasteiger partial charge in [-0.05, 0) is 44.7 Å². The van der Waals surface area contributed by atoms with E-state index in [-0.39, 0.29) is 5.91 Å². The molecule has 1 saturated heterocycles. The van der Waals surface area contributed by atoms with Crippen molar-refractivity contribution in [2.24, 2.45) is 4.99 Å². The second-order valence-corrected chi connectivity index (χ2v) is 8.71. The number of morpholine rings is 1. The Morgan fingerprint density at radius 1 is 1.24 bits per heavy atom. The molecule has 8 heteroatoms. The zero-order valence-corrected chi connectivity index (χ0v) is 23.0. The Morgan fingerprint density at radius 2 is 2.00 bits per heavy atom. The second-order valence-electron chi connectivity index (χ2n) is 8.71. The first-order valence-corrected chi connectivity index (χ1v) is 13.2. The van der Waals surface area contributed by atoms with Gasteiger partial charge in [0.2, 0.25) is 5.91 Å². The molecule has 0 unspecified atom stereocenters. The van der Waals surface area contributed by atoms with E-state index in [0.29, 0.717) is 32.0 Å². The molecule has 3 aliphatic rings. The summed E-state index contributed by atoms with van der Waals surface area (Å²) in [5, 5.41) is 7.50. The van der Waals surface area contributed by atoms with Crippen LogP contribution in [0.2, 0.25) is 0 Å². The van der Waals surface area contributed by atoms with E-state index in [1.807, 2.05) is 70.3 Å². The van der Waals surface area contributed by atoms with Gasteiger partial charge in [-0.2, -0.15) is 5.10 Å². The Balaban J connectivity index is 0.00000195. The van der Waals surface area contributed by atoms with Crippen LogP contribution in [0.25, 0.3) is 11.4 Å². The number of nitrogens with one attached hydrogen (secondary N) is 1. The van der Waals surface area contributed by atoms with E-state index in [9.17, 15) is 4.79 Å². The minimum atomic E-state index is -0.0866. The van der Waals surface area contributed by atoms with Crippen LogP contribution in [0.5, 0.6) is 0 Å². The van der Waals surface area contributed by atoms with Gasteiger partial charge in [-0.1, -0.05) is 44.2 Å². The van der Waals surface area contributed by atoms with Gasteiger partial charge >= 0.3 is 0 Å². The minimum Gasteiger partial charge on any atom is -0.459 e. The van der Waals surface area contributed by atoms with Crippen LogP contribution in [0.1, 0.15) is 46.2 Å². The average molecular weight is 518 g/mol. The molecule has 38 heavy (non-hydrogen) atoms. The first-order chi connectivity index (χ1) is 18.5. The van der Waals surface area contributed by atoms with Crippen molar-refractivity contribution >= 4 is 24.0 Å². The van der Waals surface area contributed by atoms with Crippen molar-refractivity contribution in [1.82, 2.24) is 20.0 Å². The molecule has 1 fully saturated rings. The number of hydrogen-bond acceptors (Lipinski definition) is 6. The summed E-state index contributed by atoms with van der Waals surface area (Å²) >= 11 is 0. The van der Waals surface area contributed by atoms with Crippen LogP contribution in [-0.2, 0) is 14.3 Å². The van der Waals surface area contributed by atoms with Crippen molar-refractivity contribution in [3.8, 4) is 0 Å². The molecule has 3 aliphatic heterocycles. The number of ether oxygens (including phenoxy) is 2. The summed E-state index contributed by atoms with van der Waals surface area (Å²) < 4.78 is 13.6. The predicted octanol–water partition coefficient (Wildman–Crippen LogP) is 5.24. The van der Waals surface area contributed by atoms with E-state index in [1.54, 1.807) is 10.8 Å². The van der Waals surface area contributed by atoms with Gasteiger partial charge in [0.05, 0.1) is 24.6 Å². The van der Waals surface area contributed by atoms with Crippen LogP contribution >= 0.6 is 0 Å². The maximum absolute atomic E-state index is 11.8. The Morgan fingerprint density at radius 3 is 2.68 bits per heavy atom. The van der Waals surface area contributed by atoms with Crippen molar-refractivity contribution in [1.29, 1.82) is 0 Å². The standard InChI is InChI=1S/C28H33N5O3.C2H6/c1-5-6-20(2)17-21(3)23-10-12-33(31-23)27(29-4)19-24(32-13-15-35-16-14-32)26-8-7-25(36-26)22-9-11-30-28(34)18-22;1-2/h5-7,10,12,17-19H,3-4,8-9,11,13-16H2,1-2H3,(H,30,34);1-2H3/b6-5-,20-17-,26-24-,27-19+;. The van der Waals surface area contributed by atoms with Crippen LogP contribution in [0.15, 0.2) is 88.7 Å². The van der Waals surface area contributed by atoms with Gasteiger partial charge in [-0.15, -0.1) is 0 Å². The van der Waals surface area contributed by atoms with Gasteiger partial charge < -0.3 is 19.7 Å². The monoisotopic (exact) mass is 517 g/mol. The number of hydrogen-bond donors (Lipinski definition) is 1. The molecule has 0 spiro atoms. The molecule has 4 heterocycles. The van der Waals surface area contributed by atoms with Gasteiger partial charge in [0.25, 0.3) is 0 Å². The van der Waals surface area contributed by atoms with E-state index in [0.717, 1.165) is 59.1 Å². The largest absolute Gasteiger partial charge is 0.459 e. The molecule has 0 bridgehead atoms. The van der Waals surface area contributed by atoms with Crippen molar-refractivity contribution in [2.75, 3.05) is 32.8 Å². The number of carbonyl (C=O) groups excluding carboxylic acids is 1. The van der Waals surface area contributed by atoms with Crippen molar-refractivity contribution in [2.45, 2.75) is 40.5 Å². The molecule has 1 aromatic rings. The van der Waals surface area contributed by atoms with E-state index < -0.39 is 0 Å². The highest BCUT2D eigenvalue weighted by atomic mass is 16.5. The lowest BCUT2D eigenvalue weighted by Gasteiger charge is -2.31. The molecule has 0 aliphatic carbocycles. The lowest BCUT2D eigenvalue weighted by molar-refractivity contribution is -0.116. The fourth-order valence-corrected chi connectivity index (χ4v) is 4.29. The molecule has 4 rings (SSSR count). The first-order valence-electron chi connectivity index (χ1n) is 13.2. The van der Waals surface area contributed by atoms with Crippen LogP contribution < -0.4 is 5.32 Å². The van der Waals surface area contributed by atoms with Crippen LogP contribution in [0.3, 0.4) is 0 Å². The molecule has 1 N–H and O–H groups in total. The zero-order valence-electron chi connectivity index (χ0n) is 23.0. The smallest absolute Gasteiger partial charge is 0.244 e. The summed E-state index contributed by atoms with van der Waals surface area (Å²) in [6, 6.07) is 1.91. The molecule has 0 aromatic carbocycles. The maximum atomic E-state index is 11.8. The molecule has 0 atom stereocenters. The molecule has 1 aromatic heterocycles. The van der Waals surface area contributed by atoms with Gasteiger partial charge in [0.15, 0.2) is 5.82 Å². The summed E-state index contributed by atoms with van der Waals surface area (Å²) in [5.74, 6) is 2.04. The summed E-state index contributed by atoms with van der Waals surface area (Å²) in [6.45, 7) is 19.3. The number of amides is 1. The van der Waals surface area contributed by atoms with Gasteiger partial charge in [-0.3, -0.25) is 4.79 Å². The normalized spacial score (nSPS) is 19.7. The van der Waals surface area contributed by atoms with Gasteiger partial charge in [-0.25, -0.2) is 9.67 Å². The molecule has 202 valence electrons. The third kappa shape index (κ3) is 7.32. The van der Waals surface area contributed by atoms with Gasteiger partial charge in [0.1, 0.15) is 11.5 Å². The van der Waals surface area contributed by atoms with E-state index in [1.165, 1.54) is 0 Å². The number of aromatic nitrogens is 2. The third-order valence-electron chi connectivity index (χ3n) is 6.07. The molecule has 0 radical (unpaired) electrons. The molecular formula is C30H39N5O3. The van der Waals surface area contributed by atoms with Crippen LogP contribution in [0, 0.1) is 0 Å².